The summed E-state index contributed by atoms with van der Waals surface area (Å²) < 4.78 is 66.4. The molecule has 0 heterocycles. The molecule has 0 saturated carbocycles. The largest absolute Gasteiger partial charge is 0.416 e. The Bertz CT molecular complexity index is 1090. The van der Waals surface area contributed by atoms with E-state index >= 15 is 0 Å². The van der Waals surface area contributed by atoms with Gasteiger partial charge in [-0.3, -0.25) is 4.79 Å². The van der Waals surface area contributed by atoms with Crippen LogP contribution in [0.2, 0.25) is 0 Å². The number of benzene rings is 2. The van der Waals surface area contributed by atoms with Crippen LogP contribution >= 0.6 is 0 Å². The molecule has 2 rings (SSSR count). The Morgan fingerprint density at radius 3 is 2.24 bits per heavy atom. The Labute approximate surface area is 223 Å². The van der Waals surface area contributed by atoms with E-state index in [1.54, 1.807) is 0 Å². The zero-order valence-corrected chi connectivity index (χ0v) is 22.7. The summed E-state index contributed by atoms with van der Waals surface area (Å²) in [6.45, 7) is 4.99. The van der Waals surface area contributed by atoms with Crippen molar-refractivity contribution in [2.75, 3.05) is 25.4 Å². The quantitative estimate of drug-likeness (QED) is 0.292. The fourth-order valence-electron chi connectivity index (χ4n) is 4.03. The van der Waals surface area contributed by atoms with Crippen molar-refractivity contribution < 1.29 is 31.5 Å². The molecular weight excluding hydrogens is 519 g/mol. The highest BCUT2D eigenvalue weighted by Gasteiger charge is 2.31. The number of halogens is 3. The summed E-state index contributed by atoms with van der Waals surface area (Å²) in [6, 6.07) is 13.2. The van der Waals surface area contributed by atoms with Gasteiger partial charge in [-0.1, -0.05) is 62.4 Å². The summed E-state index contributed by atoms with van der Waals surface area (Å²) in [7, 11) is -3.65. The average molecular weight is 558 g/mol. The van der Waals surface area contributed by atoms with E-state index in [9.17, 15) is 31.5 Å². The van der Waals surface area contributed by atoms with E-state index in [2.05, 4.69) is 10.6 Å². The van der Waals surface area contributed by atoms with Crippen LogP contribution in [0, 0.1) is 0 Å². The molecule has 0 aliphatic heterocycles. The number of hydrogen-bond donors (Lipinski definition) is 3. The normalized spacial score (nSPS) is 13.9. The second-order valence-corrected chi connectivity index (χ2v) is 11.3. The Hall–Kier alpha value is -2.47. The molecule has 0 spiro atoms. The molecule has 0 saturated heterocycles. The standard InChI is InChI=1S/C27H38F3N3O4S/c1-3-14-33(15-4-2)38(36,37)16-13-26(35)32-24(18-22-11-8-12-23(17-22)27(28,29)30)25(34)20-31-19-21-9-6-5-7-10-21/h5-12,17,24-25,31,34H,3-4,13-16,18-20H2,1-2H3,(H,32,35)/t24-,25-/m0/s1. The van der Waals surface area contributed by atoms with E-state index in [1.165, 1.54) is 16.4 Å². The number of carbonyl (C=O) groups is 1. The average Bonchev–Trinajstić information content (AvgIpc) is 2.87. The van der Waals surface area contributed by atoms with Crippen LogP contribution in [0.4, 0.5) is 13.2 Å². The maximum atomic E-state index is 13.2. The number of alkyl halides is 3. The number of hydrogen-bond acceptors (Lipinski definition) is 5. The highest BCUT2D eigenvalue weighted by atomic mass is 32.2. The van der Waals surface area contributed by atoms with Crippen LogP contribution in [0.25, 0.3) is 0 Å². The second-order valence-electron chi connectivity index (χ2n) is 9.23. The van der Waals surface area contributed by atoms with Crippen LogP contribution < -0.4 is 10.6 Å². The molecule has 212 valence electrons. The van der Waals surface area contributed by atoms with E-state index in [0.29, 0.717) is 32.5 Å². The van der Waals surface area contributed by atoms with Crippen molar-refractivity contribution in [3.63, 3.8) is 0 Å². The van der Waals surface area contributed by atoms with Gasteiger partial charge in [0.05, 0.1) is 23.5 Å². The monoisotopic (exact) mass is 557 g/mol. The Balaban J connectivity index is 2.10. The summed E-state index contributed by atoms with van der Waals surface area (Å²) in [5.74, 6) is -0.988. The van der Waals surface area contributed by atoms with Gasteiger partial charge in [0, 0.05) is 32.6 Å². The molecule has 1 amide bonds. The Morgan fingerprint density at radius 2 is 1.63 bits per heavy atom. The van der Waals surface area contributed by atoms with Crippen LogP contribution in [-0.2, 0) is 34.0 Å². The van der Waals surface area contributed by atoms with Crippen molar-refractivity contribution in [1.29, 1.82) is 0 Å². The summed E-state index contributed by atoms with van der Waals surface area (Å²) in [5.41, 5.74) is 0.443. The van der Waals surface area contributed by atoms with Crippen LogP contribution in [0.3, 0.4) is 0 Å². The molecule has 3 N–H and O–H groups in total. The molecule has 0 fully saturated rings. The van der Waals surface area contributed by atoms with Crippen molar-refractivity contribution in [3.05, 3.63) is 71.3 Å². The number of sulfonamides is 1. The molecule has 0 aromatic heterocycles. The lowest BCUT2D eigenvalue weighted by atomic mass is 9.99. The predicted molar refractivity (Wildman–Crippen MR) is 142 cm³/mol. The van der Waals surface area contributed by atoms with Gasteiger partial charge >= 0.3 is 6.18 Å². The molecule has 2 atom stereocenters. The molecular formula is C27H38F3N3O4S. The lowest BCUT2D eigenvalue weighted by Crippen LogP contribution is -2.49. The molecule has 11 heteroatoms. The summed E-state index contributed by atoms with van der Waals surface area (Å²) in [6.07, 6.45) is -4.75. The van der Waals surface area contributed by atoms with Gasteiger partial charge < -0.3 is 15.7 Å². The highest BCUT2D eigenvalue weighted by Crippen LogP contribution is 2.29. The molecule has 2 aromatic carbocycles. The van der Waals surface area contributed by atoms with Crippen molar-refractivity contribution in [3.8, 4) is 0 Å². The lowest BCUT2D eigenvalue weighted by Gasteiger charge is -2.26. The molecule has 0 bridgehead atoms. The third-order valence-electron chi connectivity index (χ3n) is 5.97. The second kappa shape index (κ2) is 15.2. The minimum absolute atomic E-state index is 0.0611. The van der Waals surface area contributed by atoms with Gasteiger partial charge in [0.1, 0.15) is 0 Å². The van der Waals surface area contributed by atoms with E-state index in [-0.39, 0.29) is 24.9 Å². The molecule has 0 aliphatic carbocycles. The van der Waals surface area contributed by atoms with Gasteiger partial charge in [0.15, 0.2) is 0 Å². The predicted octanol–water partition coefficient (Wildman–Crippen LogP) is 3.73. The first-order valence-electron chi connectivity index (χ1n) is 12.8. The van der Waals surface area contributed by atoms with Crippen molar-refractivity contribution in [1.82, 2.24) is 14.9 Å². The first kappa shape index (κ1) is 31.7. The third-order valence-corrected chi connectivity index (χ3v) is 7.84. The molecule has 0 unspecified atom stereocenters. The smallest absolute Gasteiger partial charge is 0.390 e. The zero-order chi connectivity index (χ0) is 28.2. The van der Waals surface area contributed by atoms with Crippen molar-refractivity contribution in [2.24, 2.45) is 0 Å². The van der Waals surface area contributed by atoms with E-state index in [1.807, 2.05) is 44.2 Å². The van der Waals surface area contributed by atoms with Gasteiger partial charge in [-0.15, -0.1) is 0 Å². The Kier molecular flexibility index (Phi) is 12.7. The number of nitrogens with zero attached hydrogens (tertiary/aromatic N) is 1. The van der Waals surface area contributed by atoms with Gasteiger partial charge in [-0.2, -0.15) is 13.2 Å². The number of amides is 1. The summed E-state index contributed by atoms with van der Waals surface area (Å²) >= 11 is 0. The van der Waals surface area contributed by atoms with E-state index in [0.717, 1.165) is 17.7 Å². The van der Waals surface area contributed by atoms with Crippen LogP contribution in [-0.4, -0.2) is 61.3 Å². The number of nitrogens with one attached hydrogen (secondary N) is 2. The minimum Gasteiger partial charge on any atom is -0.390 e. The zero-order valence-electron chi connectivity index (χ0n) is 21.9. The first-order chi connectivity index (χ1) is 18.0. The Morgan fingerprint density at radius 1 is 1.00 bits per heavy atom. The van der Waals surface area contributed by atoms with Crippen LogP contribution in [0.1, 0.15) is 49.8 Å². The lowest BCUT2D eigenvalue weighted by molar-refractivity contribution is -0.137. The number of rotatable bonds is 16. The SMILES string of the molecule is CCCN(CCC)S(=O)(=O)CCC(=O)N[C@@H](Cc1cccc(C(F)(F)F)c1)[C@@H](O)CNCc1ccccc1. The molecule has 7 nitrogen and oxygen atoms in total. The minimum atomic E-state index is -4.53. The topological polar surface area (TPSA) is 98.7 Å². The maximum Gasteiger partial charge on any atom is 0.416 e. The van der Waals surface area contributed by atoms with Gasteiger partial charge in [0.25, 0.3) is 0 Å². The van der Waals surface area contributed by atoms with Gasteiger partial charge in [-0.25, -0.2) is 12.7 Å². The third kappa shape index (κ3) is 10.7. The summed E-state index contributed by atoms with van der Waals surface area (Å²) in [4.78, 5) is 12.7. The maximum absolute atomic E-state index is 13.2. The van der Waals surface area contributed by atoms with Crippen LogP contribution in [0.15, 0.2) is 54.6 Å². The highest BCUT2D eigenvalue weighted by molar-refractivity contribution is 7.89. The fraction of sp³-hybridized carbons (Fsp3) is 0.519. The van der Waals surface area contributed by atoms with E-state index < -0.39 is 45.6 Å². The fourth-order valence-corrected chi connectivity index (χ4v) is 5.66. The molecule has 2 aromatic rings. The van der Waals surface area contributed by atoms with Gasteiger partial charge in [0.2, 0.25) is 15.9 Å². The van der Waals surface area contributed by atoms with Crippen molar-refractivity contribution in [2.45, 2.75) is 64.4 Å². The number of aliphatic hydroxyl groups is 1. The molecule has 0 aliphatic rings. The number of carbonyl (C=O) groups excluding carboxylic acids is 1. The van der Waals surface area contributed by atoms with Crippen molar-refractivity contribution >= 4 is 15.9 Å². The number of aliphatic hydroxyl groups excluding tert-OH is 1. The first-order valence-corrected chi connectivity index (χ1v) is 14.4. The van der Waals surface area contributed by atoms with Gasteiger partial charge in [-0.05, 0) is 36.5 Å². The van der Waals surface area contributed by atoms with Crippen LogP contribution in [0.5, 0.6) is 0 Å². The molecule has 38 heavy (non-hydrogen) atoms. The summed E-state index contributed by atoms with van der Waals surface area (Å²) in [5, 5.41) is 16.6. The van der Waals surface area contributed by atoms with E-state index in [4.69, 9.17) is 0 Å². The molecule has 0 radical (unpaired) electrons.